The number of rotatable bonds is 4. The Hall–Kier alpha value is -3.56. The second-order valence-corrected chi connectivity index (χ2v) is 6.06. The molecule has 7 nitrogen and oxygen atoms in total. The molecule has 0 atom stereocenters. The summed E-state index contributed by atoms with van der Waals surface area (Å²) in [6, 6.07) is 12.0. The van der Waals surface area contributed by atoms with Crippen LogP contribution in [0.15, 0.2) is 42.5 Å². The summed E-state index contributed by atoms with van der Waals surface area (Å²) in [4.78, 5) is 34.3. The van der Waals surface area contributed by atoms with Crippen molar-refractivity contribution in [3.63, 3.8) is 0 Å². The van der Waals surface area contributed by atoms with Gasteiger partial charge in [0.05, 0.1) is 11.3 Å². The molecular formula is C19H19F3N2O5. The lowest BCUT2D eigenvalue weighted by Crippen LogP contribution is -2.21. The molecule has 0 radical (unpaired) electrons. The third-order valence-corrected chi connectivity index (χ3v) is 3.52. The van der Waals surface area contributed by atoms with Gasteiger partial charge in [0.25, 0.3) is 5.91 Å². The van der Waals surface area contributed by atoms with Crippen LogP contribution in [0.5, 0.6) is 0 Å². The number of aromatic carboxylic acids is 1. The van der Waals surface area contributed by atoms with Crippen molar-refractivity contribution in [2.75, 3.05) is 24.3 Å². The molecule has 2 aromatic carbocycles. The molecule has 0 fully saturated rings. The lowest BCUT2D eigenvalue weighted by molar-refractivity contribution is -0.192. The first-order valence-electron chi connectivity index (χ1n) is 8.05. The largest absolute Gasteiger partial charge is 0.490 e. The Morgan fingerprint density at radius 3 is 2.03 bits per heavy atom. The third kappa shape index (κ3) is 7.17. The number of aliphatic carboxylic acids is 1. The topological polar surface area (TPSA) is 107 Å². The lowest BCUT2D eigenvalue weighted by atomic mass is 10.1. The normalized spacial score (nSPS) is 10.4. The molecule has 0 spiro atoms. The highest BCUT2D eigenvalue weighted by Gasteiger charge is 2.38. The van der Waals surface area contributed by atoms with E-state index in [-0.39, 0.29) is 17.2 Å². The number of alkyl halides is 3. The number of carboxylic acids is 2. The van der Waals surface area contributed by atoms with E-state index < -0.39 is 18.1 Å². The molecule has 0 unspecified atom stereocenters. The maximum absolute atomic E-state index is 12.2. The Bertz CT molecular complexity index is 911. The SMILES string of the molecule is Cc1cccc(C(=O)Nc2ccc(N(C)C)cc2C(=O)O)c1.O=C(O)C(F)(F)F. The molecule has 0 bridgehead atoms. The van der Waals surface area contributed by atoms with E-state index in [1.165, 1.54) is 6.07 Å². The standard InChI is InChI=1S/C17H18N2O3.C2HF3O2/c1-11-5-4-6-12(9-11)16(20)18-15-8-7-13(19(2)3)10-14(15)17(21)22;3-2(4,5)1(6)7/h4-10H,1-3H3,(H,18,20)(H,21,22);(H,6,7). The summed E-state index contributed by atoms with van der Waals surface area (Å²) < 4.78 is 31.7. The first kappa shape index (κ1) is 23.5. The van der Waals surface area contributed by atoms with Crippen LogP contribution >= 0.6 is 0 Å². The van der Waals surface area contributed by atoms with Crippen molar-refractivity contribution >= 4 is 29.2 Å². The lowest BCUT2D eigenvalue weighted by Gasteiger charge is -2.15. The van der Waals surface area contributed by atoms with Gasteiger partial charge in [-0.25, -0.2) is 9.59 Å². The molecule has 0 aromatic heterocycles. The van der Waals surface area contributed by atoms with Gasteiger partial charge in [-0.15, -0.1) is 0 Å². The molecule has 10 heteroatoms. The van der Waals surface area contributed by atoms with E-state index in [1.54, 1.807) is 35.2 Å². The van der Waals surface area contributed by atoms with Crippen LogP contribution in [0, 0.1) is 6.92 Å². The van der Waals surface area contributed by atoms with Gasteiger partial charge < -0.3 is 20.4 Å². The van der Waals surface area contributed by atoms with Crippen LogP contribution in [0.1, 0.15) is 26.3 Å². The van der Waals surface area contributed by atoms with Crippen LogP contribution < -0.4 is 10.2 Å². The Morgan fingerprint density at radius 2 is 1.59 bits per heavy atom. The van der Waals surface area contributed by atoms with Crippen LogP contribution in [-0.4, -0.2) is 48.3 Å². The fourth-order valence-electron chi connectivity index (χ4n) is 2.08. The average molecular weight is 412 g/mol. The zero-order valence-corrected chi connectivity index (χ0v) is 15.7. The highest BCUT2D eigenvalue weighted by Crippen LogP contribution is 2.23. The number of hydrogen-bond acceptors (Lipinski definition) is 4. The number of carbonyl (C=O) groups is 3. The minimum Gasteiger partial charge on any atom is -0.478 e. The average Bonchev–Trinajstić information content (AvgIpc) is 2.61. The van der Waals surface area contributed by atoms with E-state index >= 15 is 0 Å². The molecule has 1 amide bonds. The van der Waals surface area contributed by atoms with Crippen molar-refractivity contribution < 1.29 is 37.8 Å². The van der Waals surface area contributed by atoms with E-state index in [9.17, 15) is 27.9 Å². The molecule has 156 valence electrons. The first-order chi connectivity index (χ1) is 13.3. The summed E-state index contributed by atoms with van der Waals surface area (Å²) in [7, 11) is 3.65. The molecule has 3 N–H and O–H groups in total. The number of anilines is 2. The minimum absolute atomic E-state index is 0.0622. The number of nitrogens with zero attached hydrogens (tertiary/aromatic N) is 1. The quantitative estimate of drug-likeness (QED) is 0.708. The number of amides is 1. The Labute approximate surface area is 164 Å². The Balaban J connectivity index is 0.000000516. The van der Waals surface area contributed by atoms with Crippen LogP contribution in [0.25, 0.3) is 0 Å². The van der Waals surface area contributed by atoms with Crippen molar-refractivity contribution in [2.24, 2.45) is 0 Å². The van der Waals surface area contributed by atoms with Crippen molar-refractivity contribution in [3.8, 4) is 0 Å². The molecule has 0 aliphatic carbocycles. The summed E-state index contributed by atoms with van der Waals surface area (Å²) >= 11 is 0. The summed E-state index contributed by atoms with van der Waals surface area (Å²) in [5.41, 5.74) is 2.56. The van der Waals surface area contributed by atoms with Crippen molar-refractivity contribution in [1.82, 2.24) is 0 Å². The molecule has 2 rings (SSSR count). The minimum atomic E-state index is -5.08. The van der Waals surface area contributed by atoms with Gasteiger partial charge in [0, 0.05) is 25.3 Å². The summed E-state index contributed by atoms with van der Waals surface area (Å²) in [6.07, 6.45) is -5.08. The molecule has 0 saturated heterocycles. The Morgan fingerprint density at radius 1 is 1.00 bits per heavy atom. The fourth-order valence-corrected chi connectivity index (χ4v) is 2.08. The summed E-state index contributed by atoms with van der Waals surface area (Å²) in [5.74, 6) is -4.17. The van der Waals surface area contributed by atoms with Gasteiger partial charge in [-0.05, 0) is 37.3 Å². The van der Waals surface area contributed by atoms with Gasteiger partial charge in [0.1, 0.15) is 0 Å². The smallest absolute Gasteiger partial charge is 0.478 e. The summed E-state index contributed by atoms with van der Waals surface area (Å²) in [6.45, 7) is 1.89. The number of hydrogen-bond donors (Lipinski definition) is 3. The highest BCUT2D eigenvalue weighted by molar-refractivity contribution is 6.08. The van der Waals surface area contributed by atoms with Crippen molar-refractivity contribution in [1.29, 1.82) is 0 Å². The van der Waals surface area contributed by atoms with E-state index in [1.807, 2.05) is 27.1 Å². The van der Waals surface area contributed by atoms with E-state index in [0.29, 0.717) is 5.56 Å². The number of aryl methyl sites for hydroxylation is 1. The second-order valence-electron chi connectivity index (χ2n) is 6.06. The molecule has 0 aliphatic rings. The Kier molecular flexibility index (Phi) is 7.76. The van der Waals surface area contributed by atoms with Gasteiger partial charge >= 0.3 is 18.1 Å². The molecule has 0 saturated carbocycles. The zero-order valence-electron chi connectivity index (χ0n) is 15.7. The van der Waals surface area contributed by atoms with Crippen LogP contribution in [0.2, 0.25) is 0 Å². The number of carboxylic acid groups (broad SMARTS) is 2. The highest BCUT2D eigenvalue weighted by atomic mass is 19.4. The van der Waals surface area contributed by atoms with Gasteiger partial charge in [-0.3, -0.25) is 4.79 Å². The molecule has 0 heterocycles. The second kappa shape index (κ2) is 9.58. The number of nitrogens with one attached hydrogen (secondary N) is 1. The van der Waals surface area contributed by atoms with Crippen molar-refractivity contribution in [3.05, 3.63) is 59.2 Å². The zero-order chi connectivity index (χ0) is 22.4. The van der Waals surface area contributed by atoms with Gasteiger partial charge in [-0.2, -0.15) is 13.2 Å². The maximum atomic E-state index is 12.2. The monoisotopic (exact) mass is 412 g/mol. The number of carbonyl (C=O) groups excluding carboxylic acids is 1. The van der Waals surface area contributed by atoms with Crippen LogP contribution in [0.3, 0.4) is 0 Å². The van der Waals surface area contributed by atoms with E-state index in [4.69, 9.17) is 9.90 Å². The van der Waals surface area contributed by atoms with E-state index in [2.05, 4.69) is 5.32 Å². The number of halogens is 3. The molecule has 29 heavy (non-hydrogen) atoms. The van der Waals surface area contributed by atoms with Crippen LogP contribution in [-0.2, 0) is 4.79 Å². The molecule has 0 aliphatic heterocycles. The van der Waals surface area contributed by atoms with E-state index in [0.717, 1.165) is 11.3 Å². The van der Waals surface area contributed by atoms with Gasteiger partial charge in [0.2, 0.25) is 0 Å². The first-order valence-corrected chi connectivity index (χ1v) is 8.05. The molecular weight excluding hydrogens is 393 g/mol. The van der Waals surface area contributed by atoms with Gasteiger partial charge in [-0.1, -0.05) is 17.7 Å². The molecule has 2 aromatic rings. The predicted octanol–water partition coefficient (Wildman–Crippen LogP) is 3.64. The van der Waals surface area contributed by atoms with Crippen molar-refractivity contribution in [2.45, 2.75) is 13.1 Å². The fraction of sp³-hybridized carbons (Fsp3) is 0.211. The predicted molar refractivity (Wildman–Crippen MR) is 101 cm³/mol. The maximum Gasteiger partial charge on any atom is 0.490 e. The third-order valence-electron chi connectivity index (χ3n) is 3.52. The van der Waals surface area contributed by atoms with Crippen LogP contribution in [0.4, 0.5) is 24.5 Å². The number of benzene rings is 2. The van der Waals surface area contributed by atoms with Gasteiger partial charge in [0.15, 0.2) is 0 Å². The summed E-state index contributed by atoms with van der Waals surface area (Å²) in [5, 5.41) is 19.1.